The first-order chi connectivity index (χ1) is 11.9. The summed E-state index contributed by atoms with van der Waals surface area (Å²) in [4.78, 5) is 1.33. The van der Waals surface area contributed by atoms with Gasteiger partial charge in [-0.05, 0) is 61.5 Å². The molecule has 2 aromatic rings. The van der Waals surface area contributed by atoms with Gasteiger partial charge < -0.3 is 20.3 Å². The predicted molar refractivity (Wildman–Crippen MR) is 109 cm³/mol. The highest BCUT2D eigenvalue weighted by Crippen LogP contribution is 2.17. The minimum atomic E-state index is 0.273. The predicted octanol–water partition coefficient (Wildman–Crippen LogP) is 2.48. The molecule has 0 unspecified atom stereocenters. The van der Waals surface area contributed by atoms with Gasteiger partial charge >= 0.3 is 0 Å². The number of rotatable bonds is 6. The van der Waals surface area contributed by atoms with Crippen molar-refractivity contribution >= 4 is 23.0 Å². The van der Waals surface area contributed by atoms with E-state index in [1.54, 1.807) is 7.11 Å². The second-order valence-corrected chi connectivity index (χ2v) is 6.95. The van der Waals surface area contributed by atoms with E-state index in [-0.39, 0.29) is 6.04 Å². The third-order valence-corrected chi connectivity index (χ3v) is 4.67. The summed E-state index contributed by atoms with van der Waals surface area (Å²) in [5.41, 5.74) is 4.76. The number of likely N-dealkylation sites (N-methyl/N-ethyl adjacent to an activating group) is 1. The van der Waals surface area contributed by atoms with Gasteiger partial charge in [0.05, 0.1) is 27.7 Å². The number of benzene rings is 2. The Balaban J connectivity index is 2.00. The normalized spacial score (nSPS) is 11.9. The van der Waals surface area contributed by atoms with Crippen LogP contribution in [0.2, 0.25) is 0 Å². The van der Waals surface area contributed by atoms with Gasteiger partial charge in [-0.25, -0.2) is 0 Å². The summed E-state index contributed by atoms with van der Waals surface area (Å²) >= 11 is 5.46. The summed E-state index contributed by atoms with van der Waals surface area (Å²) in [5.74, 6) is 0.875. The fraction of sp³-hybridized carbons (Fsp3) is 0.350. The lowest BCUT2D eigenvalue weighted by Gasteiger charge is -2.23. The number of thiocarbonyl (C=S) groups is 1. The average molecular weight is 359 g/mol. The molecule has 3 N–H and O–H groups in total. The summed E-state index contributed by atoms with van der Waals surface area (Å²) in [5, 5.41) is 7.24. The second kappa shape index (κ2) is 8.83. The number of hydrogen-bond acceptors (Lipinski definition) is 2. The van der Waals surface area contributed by atoms with E-state index in [0.29, 0.717) is 5.11 Å². The van der Waals surface area contributed by atoms with Gasteiger partial charge in [0.15, 0.2) is 5.11 Å². The smallest absolute Gasteiger partial charge is 0.171 e. The molecule has 0 fully saturated rings. The minimum Gasteiger partial charge on any atom is -0.497 e. The SMILES string of the molecule is COc1cccc([C@@H](CNC(=S)Nc2ccc(C)c(C)c2)[NH+](C)C)c1. The zero-order valence-electron chi connectivity index (χ0n) is 15.6. The van der Waals surface area contributed by atoms with Crippen molar-refractivity contribution in [1.82, 2.24) is 5.32 Å². The molecule has 0 radical (unpaired) electrons. The van der Waals surface area contributed by atoms with Crippen LogP contribution in [0.1, 0.15) is 22.7 Å². The minimum absolute atomic E-state index is 0.273. The van der Waals surface area contributed by atoms with Gasteiger partial charge in [-0.15, -0.1) is 0 Å². The van der Waals surface area contributed by atoms with Crippen molar-refractivity contribution in [2.45, 2.75) is 19.9 Å². The molecule has 4 nitrogen and oxygen atoms in total. The van der Waals surface area contributed by atoms with Crippen molar-refractivity contribution in [1.29, 1.82) is 0 Å². The van der Waals surface area contributed by atoms with E-state index < -0.39 is 0 Å². The molecule has 0 heterocycles. The van der Waals surface area contributed by atoms with Crippen LogP contribution in [0.15, 0.2) is 42.5 Å². The first-order valence-corrected chi connectivity index (χ1v) is 8.87. The van der Waals surface area contributed by atoms with Gasteiger partial charge in [-0.1, -0.05) is 18.2 Å². The number of hydrogen-bond donors (Lipinski definition) is 3. The zero-order valence-corrected chi connectivity index (χ0v) is 16.5. The van der Waals surface area contributed by atoms with Gasteiger partial charge in [0.2, 0.25) is 0 Å². The molecule has 2 rings (SSSR count). The number of quaternary nitrogens is 1. The third kappa shape index (κ3) is 5.44. The summed E-state index contributed by atoms with van der Waals surface area (Å²) < 4.78 is 5.34. The Morgan fingerprint density at radius 2 is 1.88 bits per heavy atom. The van der Waals surface area contributed by atoms with Gasteiger partial charge in [0.25, 0.3) is 0 Å². The van der Waals surface area contributed by atoms with Gasteiger partial charge in [-0.2, -0.15) is 0 Å². The van der Waals surface area contributed by atoms with E-state index >= 15 is 0 Å². The molecule has 1 atom stereocenters. The molecule has 0 bridgehead atoms. The quantitative estimate of drug-likeness (QED) is 0.694. The van der Waals surface area contributed by atoms with Crippen LogP contribution in [-0.4, -0.2) is 32.9 Å². The number of nitrogens with one attached hydrogen (secondary N) is 3. The number of methoxy groups -OCH3 is 1. The Morgan fingerprint density at radius 1 is 1.12 bits per heavy atom. The Morgan fingerprint density at radius 3 is 2.52 bits per heavy atom. The fourth-order valence-corrected chi connectivity index (χ4v) is 2.90. The van der Waals surface area contributed by atoms with E-state index in [1.807, 2.05) is 18.2 Å². The number of anilines is 1. The molecular weight excluding hydrogens is 330 g/mol. The molecule has 0 saturated heterocycles. The monoisotopic (exact) mass is 358 g/mol. The molecule has 0 saturated carbocycles. The van der Waals surface area contributed by atoms with Crippen molar-refractivity contribution in [2.24, 2.45) is 0 Å². The van der Waals surface area contributed by atoms with Crippen LogP contribution in [0.3, 0.4) is 0 Å². The van der Waals surface area contributed by atoms with Gasteiger partial charge in [0.1, 0.15) is 11.8 Å². The highest BCUT2D eigenvalue weighted by atomic mass is 32.1. The van der Waals surface area contributed by atoms with Crippen molar-refractivity contribution in [3.63, 3.8) is 0 Å². The summed E-state index contributed by atoms with van der Waals surface area (Å²) in [7, 11) is 5.98. The standard InChI is InChI=1S/C20H27N3OS/c1-14-9-10-17(11-15(14)2)22-20(25)21-13-19(23(3)4)16-7-6-8-18(12-16)24-5/h6-12,19H,13H2,1-5H3,(H2,21,22,25)/p+1/t19-/m1/s1. The number of aryl methyl sites for hydroxylation is 2. The Hall–Kier alpha value is -2.11. The van der Waals surface area contributed by atoms with Crippen molar-refractivity contribution < 1.29 is 9.64 Å². The van der Waals surface area contributed by atoms with E-state index in [1.165, 1.54) is 21.6 Å². The average Bonchev–Trinajstić information content (AvgIpc) is 2.58. The van der Waals surface area contributed by atoms with Crippen LogP contribution in [0.4, 0.5) is 5.69 Å². The van der Waals surface area contributed by atoms with Crippen LogP contribution in [0, 0.1) is 13.8 Å². The molecule has 0 aromatic heterocycles. The van der Waals surface area contributed by atoms with Crippen LogP contribution in [0.25, 0.3) is 0 Å². The maximum absolute atomic E-state index is 5.46. The second-order valence-electron chi connectivity index (χ2n) is 6.54. The largest absolute Gasteiger partial charge is 0.497 e. The molecule has 0 aliphatic rings. The summed E-state index contributed by atoms with van der Waals surface area (Å²) in [6.07, 6.45) is 0. The topological polar surface area (TPSA) is 37.7 Å². The third-order valence-electron chi connectivity index (χ3n) is 4.42. The molecule has 0 spiro atoms. The Bertz CT molecular complexity index is 731. The lowest BCUT2D eigenvalue weighted by Crippen LogP contribution is -3.07. The highest BCUT2D eigenvalue weighted by Gasteiger charge is 2.18. The molecule has 0 aliphatic heterocycles. The fourth-order valence-electron chi connectivity index (χ4n) is 2.70. The molecule has 0 aliphatic carbocycles. The van der Waals surface area contributed by atoms with Crippen molar-refractivity contribution in [3.05, 3.63) is 59.2 Å². The first kappa shape index (κ1) is 19.2. The van der Waals surface area contributed by atoms with Gasteiger partial charge in [0, 0.05) is 11.3 Å². The highest BCUT2D eigenvalue weighted by molar-refractivity contribution is 7.80. The molecule has 0 amide bonds. The Labute approximate surface area is 156 Å². The van der Waals surface area contributed by atoms with E-state index in [4.69, 9.17) is 17.0 Å². The molecule has 134 valence electrons. The van der Waals surface area contributed by atoms with Crippen LogP contribution < -0.4 is 20.3 Å². The van der Waals surface area contributed by atoms with Gasteiger partial charge in [-0.3, -0.25) is 0 Å². The number of ether oxygens (including phenoxy) is 1. The molecule has 25 heavy (non-hydrogen) atoms. The molecular formula is C20H28N3OS+. The van der Waals surface area contributed by atoms with Crippen molar-refractivity contribution in [2.75, 3.05) is 33.1 Å². The summed E-state index contributed by atoms with van der Waals surface area (Å²) in [6.45, 7) is 4.95. The zero-order chi connectivity index (χ0) is 18.4. The lowest BCUT2D eigenvalue weighted by molar-refractivity contribution is -0.890. The molecule has 2 aromatic carbocycles. The summed E-state index contributed by atoms with van der Waals surface area (Å²) in [6, 6.07) is 14.7. The van der Waals surface area contributed by atoms with Crippen LogP contribution >= 0.6 is 12.2 Å². The van der Waals surface area contributed by atoms with Crippen LogP contribution in [-0.2, 0) is 0 Å². The first-order valence-electron chi connectivity index (χ1n) is 8.47. The van der Waals surface area contributed by atoms with E-state index in [9.17, 15) is 0 Å². The van der Waals surface area contributed by atoms with E-state index in [0.717, 1.165) is 18.0 Å². The lowest BCUT2D eigenvalue weighted by atomic mass is 10.1. The maximum atomic E-state index is 5.46. The maximum Gasteiger partial charge on any atom is 0.171 e. The van der Waals surface area contributed by atoms with E-state index in [2.05, 4.69) is 62.8 Å². The van der Waals surface area contributed by atoms with Crippen molar-refractivity contribution in [3.8, 4) is 5.75 Å². The Kier molecular flexibility index (Phi) is 6.79. The van der Waals surface area contributed by atoms with Crippen LogP contribution in [0.5, 0.6) is 5.75 Å². The molecule has 5 heteroatoms.